The van der Waals surface area contributed by atoms with E-state index in [1.807, 2.05) is 11.8 Å². The van der Waals surface area contributed by atoms with Crippen molar-refractivity contribution < 1.29 is 26.1 Å². The first-order valence-corrected chi connectivity index (χ1v) is 7.41. The Morgan fingerprint density at radius 3 is 2.12 bits per heavy atom. The van der Waals surface area contributed by atoms with Gasteiger partial charge in [0.2, 0.25) is 0 Å². The zero-order valence-electron chi connectivity index (χ0n) is 8.35. The van der Waals surface area contributed by atoms with Crippen LogP contribution in [0.3, 0.4) is 0 Å². The quantitative estimate of drug-likeness (QED) is 0.548. The zero-order chi connectivity index (χ0) is 13.0. The average Bonchev–Trinajstić information content (AvgIpc) is 2.48. The van der Waals surface area contributed by atoms with E-state index in [1.165, 1.54) is 4.38 Å². The first kappa shape index (κ1) is 16.1. The van der Waals surface area contributed by atoms with Crippen LogP contribution in [0.2, 0.25) is 0 Å². The van der Waals surface area contributed by atoms with Crippen LogP contribution < -0.4 is 0 Å². The summed E-state index contributed by atoms with van der Waals surface area (Å²) in [6.45, 7) is 3.22. The van der Waals surface area contributed by atoms with Crippen LogP contribution in [0.25, 0.3) is 0 Å². The Bertz CT molecular complexity index is 352. The van der Waals surface area contributed by atoms with Crippen molar-refractivity contribution in [3.05, 3.63) is 0 Å². The first-order valence-electron chi connectivity index (χ1n) is 3.86. The summed E-state index contributed by atoms with van der Waals surface area (Å²) in [6, 6.07) is 0. The van der Waals surface area contributed by atoms with Crippen LogP contribution >= 0.6 is 23.5 Å². The maximum absolute atomic E-state index is 10.7. The highest BCUT2D eigenvalue weighted by molar-refractivity contribution is 8.39. The first-order chi connectivity index (χ1) is 7.08. The van der Waals surface area contributed by atoms with Crippen molar-refractivity contribution in [2.24, 2.45) is 4.99 Å². The summed E-state index contributed by atoms with van der Waals surface area (Å²) in [5, 5.41) is 0.720. The molecule has 0 aliphatic carbocycles. The maximum Gasteiger partial charge on any atom is 0.522 e. The molecule has 0 unspecified atom stereocenters. The van der Waals surface area contributed by atoms with Crippen LogP contribution in [-0.4, -0.2) is 40.9 Å². The molecule has 1 atom stereocenters. The molecule has 4 nitrogen and oxygen atoms in total. The third-order valence-electron chi connectivity index (χ3n) is 1.25. The molecule has 1 aliphatic rings. The van der Waals surface area contributed by atoms with E-state index >= 15 is 0 Å². The molecule has 0 radical (unpaired) electrons. The van der Waals surface area contributed by atoms with Gasteiger partial charge in [-0.05, 0) is 6.26 Å². The number of hydrogen-bond donors (Lipinski definition) is 1. The number of rotatable bonds is 0. The lowest BCUT2D eigenvalue weighted by atomic mass is 10.5. The highest BCUT2D eigenvalue weighted by Gasteiger charge is 2.44. The summed E-state index contributed by atoms with van der Waals surface area (Å²) in [5.74, 6) is 0. The Morgan fingerprint density at radius 2 is 2.00 bits per heavy atom. The Kier molecular flexibility index (Phi) is 6.15. The van der Waals surface area contributed by atoms with Crippen molar-refractivity contribution in [3.63, 3.8) is 0 Å². The minimum atomic E-state index is -5.84. The Morgan fingerprint density at radius 1 is 1.56 bits per heavy atom. The van der Waals surface area contributed by atoms with Crippen molar-refractivity contribution in [1.29, 1.82) is 0 Å². The SMILES string of the molecule is CSC1=NC[C@H](C)S1.O=S(=O)(O)C(F)(F)F. The fourth-order valence-corrected chi connectivity index (χ4v) is 2.29. The van der Waals surface area contributed by atoms with Gasteiger partial charge in [0.25, 0.3) is 0 Å². The molecule has 0 aromatic heterocycles. The molecule has 10 heteroatoms. The Balaban J connectivity index is 0.000000281. The van der Waals surface area contributed by atoms with Crippen molar-refractivity contribution in [2.45, 2.75) is 17.7 Å². The van der Waals surface area contributed by atoms with E-state index in [4.69, 9.17) is 13.0 Å². The minimum Gasteiger partial charge on any atom is -0.279 e. The zero-order valence-corrected chi connectivity index (χ0v) is 10.8. The van der Waals surface area contributed by atoms with E-state index in [2.05, 4.69) is 18.2 Å². The van der Waals surface area contributed by atoms with Gasteiger partial charge in [0, 0.05) is 5.25 Å². The molecular formula is C6H10F3NO3S3. The molecule has 0 bridgehead atoms. The largest absolute Gasteiger partial charge is 0.522 e. The number of aliphatic imine (C=N–C) groups is 1. The van der Waals surface area contributed by atoms with Crippen LogP contribution in [0.5, 0.6) is 0 Å². The minimum absolute atomic E-state index is 0.720. The lowest BCUT2D eigenvalue weighted by Gasteiger charge is -1.97. The number of nitrogens with zero attached hydrogens (tertiary/aromatic N) is 1. The van der Waals surface area contributed by atoms with Crippen molar-refractivity contribution in [1.82, 2.24) is 0 Å². The van der Waals surface area contributed by atoms with Crippen LogP contribution in [0.4, 0.5) is 13.2 Å². The molecule has 0 spiro atoms. The summed E-state index contributed by atoms with van der Waals surface area (Å²) < 4.78 is 58.8. The highest BCUT2D eigenvalue weighted by Crippen LogP contribution is 2.25. The van der Waals surface area contributed by atoms with E-state index in [9.17, 15) is 13.2 Å². The van der Waals surface area contributed by atoms with Crippen LogP contribution in [0.1, 0.15) is 6.92 Å². The summed E-state index contributed by atoms with van der Waals surface area (Å²) >= 11 is 3.63. The summed E-state index contributed by atoms with van der Waals surface area (Å²) in [4.78, 5) is 4.28. The molecule has 0 aromatic rings. The molecule has 1 aliphatic heterocycles. The van der Waals surface area contributed by atoms with E-state index in [0.29, 0.717) is 0 Å². The third-order valence-corrected chi connectivity index (χ3v) is 3.98. The smallest absolute Gasteiger partial charge is 0.279 e. The van der Waals surface area contributed by atoms with E-state index in [-0.39, 0.29) is 0 Å². The van der Waals surface area contributed by atoms with E-state index in [1.54, 1.807) is 11.8 Å². The lowest BCUT2D eigenvalue weighted by Crippen LogP contribution is -2.21. The van der Waals surface area contributed by atoms with Gasteiger partial charge >= 0.3 is 15.6 Å². The number of halogens is 3. The van der Waals surface area contributed by atoms with Gasteiger partial charge in [-0.1, -0.05) is 18.7 Å². The molecule has 16 heavy (non-hydrogen) atoms. The number of thioether (sulfide) groups is 2. The van der Waals surface area contributed by atoms with Gasteiger partial charge in [-0.2, -0.15) is 21.6 Å². The van der Waals surface area contributed by atoms with E-state index in [0.717, 1.165) is 11.8 Å². The van der Waals surface area contributed by atoms with Gasteiger partial charge in [-0.15, -0.1) is 11.8 Å². The summed E-state index contributed by atoms with van der Waals surface area (Å²) in [5.41, 5.74) is -5.53. The predicted molar refractivity (Wildman–Crippen MR) is 60.5 cm³/mol. The molecule has 1 heterocycles. The Labute approximate surface area is 99.8 Å². The summed E-state index contributed by atoms with van der Waals surface area (Å²) in [6.07, 6.45) is 2.07. The molecule has 0 amide bonds. The molecule has 0 saturated carbocycles. The molecule has 1 N–H and O–H groups in total. The van der Waals surface area contributed by atoms with Gasteiger partial charge in [-0.3, -0.25) is 9.55 Å². The lowest BCUT2D eigenvalue weighted by molar-refractivity contribution is -0.0510. The Hall–Kier alpha value is 0.0700. The fraction of sp³-hybridized carbons (Fsp3) is 0.833. The van der Waals surface area contributed by atoms with Gasteiger partial charge < -0.3 is 0 Å². The monoisotopic (exact) mass is 297 g/mol. The normalized spacial score (nSPS) is 21.1. The molecule has 0 fully saturated rings. The van der Waals surface area contributed by atoms with Crippen molar-refractivity contribution in [2.75, 3.05) is 12.8 Å². The molecule has 0 saturated heterocycles. The average molecular weight is 297 g/mol. The summed E-state index contributed by atoms with van der Waals surface area (Å²) in [7, 11) is -5.84. The molecule has 1 rings (SSSR count). The second-order valence-electron chi connectivity index (χ2n) is 2.66. The second-order valence-corrected chi connectivity index (χ2v) is 6.55. The highest BCUT2D eigenvalue weighted by atomic mass is 32.2. The molecular weight excluding hydrogens is 287 g/mol. The number of hydrogen-bond acceptors (Lipinski definition) is 5. The van der Waals surface area contributed by atoms with Gasteiger partial charge in [0.1, 0.15) is 4.38 Å². The van der Waals surface area contributed by atoms with E-state index < -0.39 is 15.6 Å². The standard InChI is InChI=1S/C5H9NS2.CHF3O3S/c1-4-3-6-5(7-2)8-4;2-1(3,4)8(5,6)7/h4H,3H2,1-2H3;(H,5,6,7)/t4-;/m0./s1. The molecule has 96 valence electrons. The van der Waals surface area contributed by atoms with Gasteiger partial charge in [-0.25, -0.2) is 0 Å². The van der Waals surface area contributed by atoms with Crippen LogP contribution in [-0.2, 0) is 10.1 Å². The van der Waals surface area contributed by atoms with Crippen molar-refractivity contribution in [3.8, 4) is 0 Å². The fourth-order valence-electron chi connectivity index (χ4n) is 0.562. The van der Waals surface area contributed by atoms with Crippen LogP contribution in [0.15, 0.2) is 4.99 Å². The van der Waals surface area contributed by atoms with Gasteiger partial charge in [0.15, 0.2) is 0 Å². The topological polar surface area (TPSA) is 66.7 Å². The van der Waals surface area contributed by atoms with Crippen LogP contribution in [0, 0.1) is 0 Å². The third kappa shape index (κ3) is 5.97. The number of alkyl halides is 3. The van der Waals surface area contributed by atoms with Crippen molar-refractivity contribution >= 4 is 38.0 Å². The maximum atomic E-state index is 10.7. The van der Waals surface area contributed by atoms with Gasteiger partial charge in [0.05, 0.1) is 6.54 Å². The second kappa shape index (κ2) is 6.12. The predicted octanol–water partition coefficient (Wildman–Crippen LogP) is 2.23. The molecule has 0 aromatic carbocycles.